The monoisotopic (exact) mass is 464 g/mol. The number of hydrogen-bond acceptors (Lipinski definition) is 8. The lowest BCUT2D eigenvalue weighted by atomic mass is 10.0. The summed E-state index contributed by atoms with van der Waals surface area (Å²) < 4.78 is 10.5. The van der Waals surface area contributed by atoms with Gasteiger partial charge in [-0.2, -0.15) is 0 Å². The van der Waals surface area contributed by atoms with Crippen LogP contribution >= 0.6 is 12.2 Å². The van der Waals surface area contributed by atoms with Crippen molar-refractivity contribution in [3.63, 3.8) is 0 Å². The minimum atomic E-state index is -0.709. The van der Waals surface area contributed by atoms with Crippen molar-refractivity contribution in [1.82, 2.24) is 16.0 Å². The third kappa shape index (κ3) is 7.61. The maximum atomic E-state index is 12.7. The molecular weight excluding hydrogens is 440 g/mol. The zero-order valence-electron chi connectivity index (χ0n) is 17.6. The number of carbonyl (C=O) groups excluding carboxylic acids is 3. The molecule has 0 fully saturated rings. The van der Waals surface area contributed by atoms with Gasteiger partial charge in [-0.3, -0.25) is 19.7 Å². The fourth-order valence-electron chi connectivity index (χ4n) is 2.94. The molecule has 1 amide bonds. The van der Waals surface area contributed by atoms with E-state index in [0.29, 0.717) is 17.7 Å². The normalized spacial score (nSPS) is 15.3. The molecule has 0 bridgehead atoms. The van der Waals surface area contributed by atoms with Gasteiger partial charge < -0.3 is 25.4 Å². The van der Waals surface area contributed by atoms with E-state index >= 15 is 0 Å². The summed E-state index contributed by atoms with van der Waals surface area (Å²) in [5.41, 5.74) is 1.31. The summed E-state index contributed by atoms with van der Waals surface area (Å²) in [6.45, 7) is 2.98. The molecule has 0 saturated heterocycles. The van der Waals surface area contributed by atoms with Crippen LogP contribution in [0.4, 0.5) is 5.69 Å². The third-order valence-corrected chi connectivity index (χ3v) is 4.66. The molecule has 0 aromatic heterocycles. The molecule has 0 spiro atoms. The SMILES string of the molecule is CC(=O)NCCC(=O)OCC1NC(=S)NC(C)=C1C(=O)OCCc1cccc([N+](=O)[O-])c1. The maximum absolute atomic E-state index is 12.7. The van der Waals surface area contributed by atoms with Crippen molar-refractivity contribution in [1.29, 1.82) is 0 Å². The van der Waals surface area contributed by atoms with E-state index in [1.165, 1.54) is 19.1 Å². The number of nitrogens with zero attached hydrogens (tertiary/aromatic N) is 1. The van der Waals surface area contributed by atoms with E-state index in [1.54, 1.807) is 19.1 Å². The molecule has 0 saturated carbocycles. The second-order valence-electron chi connectivity index (χ2n) is 6.92. The number of allylic oxidation sites excluding steroid dienone is 1. The Morgan fingerprint density at radius 2 is 2.03 bits per heavy atom. The highest BCUT2D eigenvalue weighted by molar-refractivity contribution is 7.80. The van der Waals surface area contributed by atoms with Gasteiger partial charge in [0.15, 0.2) is 5.11 Å². The van der Waals surface area contributed by atoms with Gasteiger partial charge in [0.1, 0.15) is 6.61 Å². The molecule has 3 N–H and O–H groups in total. The Bertz CT molecular complexity index is 948. The Labute approximate surface area is 189 Å². The molecule has 1 atom stereocenters. The summed E-state index contributed by atoms with van der Waals surface area (Å²) in [7, 11) is 0. The highest BCUT2D eigenvalue weighted by Crippen LogP contribution is 2.17. The van der Waals surface area contributed by atoms with Gasteiger partial charge in [-0.25, -0.2) is 4.79 Å². The zero-order chi connectivity index (χ0) is 23.7. The first kappa shape index (κ1) is 24.7. The van der Waals surface area contributed by atoms with Crippen LogP contribution in [0.1, 0.15) is 25.8 Å². The quantitative estimate of drug-likeness (QED) is 0.197. The lowest BCUT2D eigenvalue weighted by Crippen LogP contribution is -2.52. The van der Waals surface area contributed by atoms with E-state index in [4.69, 9.17) is 21.7 Å². The standard InChI is InChI=1S/C20H24N4O7S/c1-12-18(19(27)30-9-7-14-4-3-5-15(10-14)24(28)29)16(23-20(32)22-12)11-31-17(26)6-8-21-13(2)25/h3-5,10,16H,6-9,11H2,1-2H3,(H,21,25)(H2,22,23,32). The molecule has 0 radical (unpaired) electrons. The number of thiocarbonyl (C=S) groups is 1. The smallest absolute Gasteiger partial charge is 0.338 e. The van der Waals surface area contributed by atoms with E-state index in [9.17, 15) is 24.5 Å². The molecule has 1 aromatic rings. The van der Waals surface area contributed by atoms with Crippen LogP contribution in [0, 0.1) is 10.1 Å². The van der Waals surface area contributed by atoms with Crippen molar-refractivity contribution >= 4 is 40.9 Å². The van der Waals surface area contributed by atoms with Crippen LogP contribution in [0.3, 0.4) is 0 Å². The van der Waals surface area contributed by atoms with E-state index in [2.05, 4.69) is 16.0 Å². The topological polar surface area (TPSA) is 149 Å². The van der Waals surface area contributed by atoms with Gasteiger partial charge in [-0.15, -0.1) is 0 Å². The fraction of sp³-hybridized carbons (Fsp3) is 0.400. The molecule has 1 heterocycles. The molecule has 1 aliphatic heterocycles. The second kappa shape index (κ2) is 11.7. The van der Waals surface area contributed by atoms with E-state index in [1.807, 2.05) is 0 Å². The number of non-ortho nitro benzene ring substituents is 1. The Morgan fingerprint density at radius 1 is 1.28 bits per heavy atom. The molecular formula is C20H24N4O7S. The van der Waals surface area contributed by atoms with Crippen molar-refractivity contribution in [3.05, 3.63) is 51.2 Å². The van der Waals surface area contributed by atoms with E-state index < -0.39 is 22.9 Å². The van der Waals surface area contributed by atoms with Crippen LogP contribution in [0.15, 0.2) is 35.5 Å². The van der Waals surface area contributed by atoms with Crippen LogP contribution in [0.25, 0.3) is 0 Å². The summed E-state index contributed by atoms with van der Waals surface area (Å²) in [5.74, 6) is -1.42. The Morgan fingerprint density at radius 3 is 2.72 bits per heavy atom. The molecule has 1 aromatic carbocycles. The number of benzene rings is 1. The number of carbonyl (C=O) groups is 3. The van der Waals surface area contributed by atoms with Crippen LogP contribution in [-0.2, 0) is 30.3 Å². The molecule has 1 aliphatic rings. The second-order valence-corrected chi connectivity index (χ2v) is 7.33. The number of esters is 2. The van der Waals surface area contributed by atoms with E-state index in [-0.39, 0.29) is 48.5 Å². The summed E-state index contributed by atoms with van der Waals surface area (Å²) in [6, 6.07) is 5.36. The number of rotatable bonds is 10. The first-order chi connectivity index (χ1) is 15.2. The Kier molecular flexibility index (Phi) is 9.08. The lowest BCUT2D eigenvalue weighted by molar-refractivity contribution is -0.384. The van der Waals surface area contributed by atoms with Crippen molar-refractivity contribution in [3.8, 4) is 0 Å². The van der Waals surface area contributed by atoms with Crippen molar-refractivity contribution in [2.75, 3.05) is 19.8 Å². The maximum Gasteiger partial charge on any atom is 0.338 e. The lowest BCUT2D eigenvalue weighted by Gasteiger charge is -2.29. The average Bonchev–Trinajstić information content (AvgIpc) is 2.71. The number of nitro groups is 1. The van der Waals surface area contributed by atoms with Crippen LogP contribution < -0.4 is 16.0 Å². The summed E-state index contributed by atoms with van der Waals surface area (Å²) in [5, 5.41) is 19.4. The van der Waals surface area contributed by atoms with Crippen LogP contribution in [0.5, 0.6) is 0 Å². The van der Waals surface area contributed by atoms with Crippen molar-refractivity contribution in [2.45, 2.75) is 32.7 Å². The Balaban J connectivity index is 1.94. The van der Waals surface area contributed by atoms with Gasteiger partial charge in [0.25, 0.3) is 5.69 Å². The van der Waals surface area contributed by atoms with Crippen LogP contribution in [-0.4, -0.2) is 53.7 Å². The summed E-state index contributed by atoms with van der Waals surface area (Å²) >= 11 is 5.11. The van der Waals surface area contributed by atoms with Crippen molar-refractivity contribution < 1.29 is 28.8 Å². The third-order valence-electron chi connectivity index (χ3n) is 4.44. The fourth-order valence-corrected chi connectivity index (χ4v) is 3.24. The minimum absolute atomic E-state index is 0.00442. The van der Waals surface area contributed by atoms with Gasteiger partial charge >= 0.3 is 11.9 Å². The van der Waals surface area contributed by atoms with E-state index in [0.717, 1.165) is 0 Å². The average molecular weight is 465 g/mol. The number of ether oxygens (including phenoxy) is 2. The molecule has 0 aliphatic carbocycles. The number of amides is 1. The predicted octanol–water partition coefficient (Wildman–Crippen LogP) is 0.870. The molecule has 11 nitrogen and oxygen atoms in total. The minimum Gasteiger partial charge on any atom is -0.463 e. The first-order valence-corrected chi connectivity index (χ1v) is 10.2. The number of nitrogens with one attached hydrogen (secondary N) is 3. The van der Waals surface area contributed by atoms with Crippen molar-refractivity contribution in [2.24, 2.45) is 0 Å². The van der Waals surface area contributed by atoms with Gasteiger partial charge in [-0.1, -0.05) is 12.1 Å². The molecule has 172 valence electrons. The van der Waals surface area contributed by atoms with Gasteiger partial charge in [0.05, 0.1) is 29.6 Å². The molecule has 1 unspecified atom stereocenters. The highest BCUT2D eigenvalue weighted by atomic mass is 32.1. The highest BCUT2D eigenvalue weighted by Gasteiger charge is 2.30. The molecule has 12 heteroatoms. The molecule has 32 heavy (non-hydrogen) atoms. The zero-order valence-corrected chi connectivity index (χ0v) is 18.5. The first-order valence-electron chi connectivity index (χ1n) is 9.76. The van der Waals surface area contributed by atoms with Gasteiger partial charge in [0.2, 0.25) is 5.91 Å². The summed E-state index contributed by atoms with van der Waals surface area (Å²) in [4.78, 5) is 45.8. The number of nitro benzene ring substituents is 1. The Hall–Kier alpha value is -3.54. The molecule has 2 rings (SSSR count). The number of hydrogen-bond donors (Lipinski definition) is 3. The predicted molar refractivity (Wildman–Crippen MR) is 117 cm³/mol. The van der Waals surface area contributed by atoms with Crippen LogP contribution in [0.2, 0.25) is 0 Å². The van der Waals surface area contributed by atoms with Gasteiger partial charge in [-0.05, 0) is 24.7 Å². The summed E-state index contributed by atoms with van der Waals surface area (Å²) in [6.07, 6.45) is 0.280. The van der Waals surface area contributed by atoms with Gasteiger partial charge in [0, 0.05) is 37.7 Å². The largest absolute Gasteiger partial charge is 0.463 e.